The zero-order valence-electron chi connectivity index (χ0n) is 15.2. The van der Waals surface area contributed by atoms with Gasteiger partial charge in [0.05, 0.1) is 6.04 Å². The minimum absolute atomic E-state index is 0.0198. The summed E-state index contributed by atoms with van der Waals surface area (Å²) >= 11 is 0. The van der Waals surface area contributed by atoms with E-state index in [4.69, 9.17) is 9.72 Å². The van der Waals surface area contributed by atoms with Crippen molar-refractivity contribution in [1.29, 1.82) is 0 Å². The average Bonchev–Trinajstić information content (AvgIpc) is 3.02. The lowest BCUT2D eigenvalue weighted by molar-refractivity contribution is 0.127. The van der Waals surface area contributed by atoms with Crippen LogP contribution in [0.15, 0.2) is 0 Å². The van der Waals surface area contributed by atoms with Crippen molar-refractivity contribution >= 4 is 12.1 Å². The van der Waals surface area contributed by atoms with Gasteiger partial charge in [0.1, 0.15) is 12.4 Å². The Labute approximate surface area is 152 Å². The normalized spacial score (nSPS) is 21.9. The van der Waals surface area contributed by atoms with Crippen molar-refractivity contribution in [2.24, 2.45) is 0 Å². The van der Waals surface area contributed by atoms with Gasteiger partial charge in [-0.3, -0.25) is 4.90 Å². The highest BCUT2D eigenvalue weighted by Gasteiger charge is 2.38. The summed E-state index contributed by atoms with van der Waals surface area (Å²) in [4.78, 5) is 36.7. The molecule has 2 saturated heterocycles. The van der Waals surface area contributed by atoms with Gasteiger partial charge in [-0.2, -0.15) is 0 Å². The molecular formula is C18H25N5O3. The molecule has 1 aromatic rings. The number of nitrogens with one attached hydrogen (secondary N) is 1. The summed E-state index contributed by atoms with van der Waals surface area (Å²) in [6.45, 7) is 4.52. The van der Waals surface area contributed by atoms with Gasteiger partial charge in [-0.05, 0) is 38.2 Å². The van der Waals surface area contributed by atoms with Crippen LogP contribution >= 0.6 is 0 Å². The summed E-state index contributed by atoms with van der Waals surface area (Å²) in [6.07, 6.45) is 4.89. The standard InChI is InChI=1S/C18H25N5O3/c1-12-14-4-2-3-5-15(14)21-16(20-12)6-7-19-17(24)22-8-9-23-13(10-22)11-26-18(23)25/h13H,2-11H2,1H3,(H,19,24)/t13-/m1/s1. The molecule has 1 atom stereocenters. The smallest absolute Gasteiger partial charge is 0.410 e. The van der Waals surface area contributed by atoms with E-state index in [1.54, 1.807) is 9.80 Å². The second-order valence-corrected chi connectivity index (χ2v) is 7.21. The Balaban J connectivity index is 1.29. The van der Waals surface area contributed by atoms with Gasteiger partial charge in [0.25, 0.3) is 0 Å². The molecule has 26 heavy (non-hydrogen) atoms. The maximum Gasteiger partial charge on any atom is 0.410 e. The van der Waals surface area contributed by atoms with Crippen LogP contribution in [0.25, 0.3) is 0 Å². The zero-order chi connectivity index (χ0) is 18.1. The Bertz CT molecular complexity index is 723. The summed E-state index contributed by atoms with van der Waals surface area (Å²) < 4.78 is 5.04. The molecule has 4 rings (SSSR count). The number of carbonyl (C=O) groups is 2. The number of piperazine rings is 1. The first-order chi connectivity index (χ1) is 12.6. The van der Waals surface area contributed by atoms with Gasteiger partial charge in [-0.1, -0.05) is 0 Å². The van der Waals surface area contributed by atoms with Gasteiger partial charge in [0.15, 0.2) is 0 Å². The molecule has 3 heterocycles. The Hall–Kier alpha value is -2.38. The van der Waals surface area contributed by atoms with Crippen molar-refractivity contribution < 1.29 is 14.3 Å². The van der Waals surface area contributed by atoms with Gasteiger partial charge in [0, 0.05) is 44.0 Å². The maximum absolute atomic E-state index is 12.4. The molecule has 2 fully saturated rings. The van der Waals surface area contributed by atoms with E-state index in [0.717, 1.165) is 24.4 Å². The number of hydrogen-bond acceptors (Lipinski definition) is 5. The molecule has 0 unspecified atom stereocenters. The lowest BCUT2D eigenvalue weighted by Gasteiger charge is -2.35. The Morgan fingerprint density at radius 2 is 2.12 bits per heavy atom. The third kappa shape index (κ3) is 3.32. The minimum atomic E-state index is -0.269. The number of aryl methyl sites for hydroxylation is 2. The van der Waals surface area contributed by atoms with E-state index in [1.807, 2.05) is 0 Å². The summed E-state index contributed by atoms with van der Waals surface area (Å²) in [6, 6.07) is -0.118. The molecule has 0 radical (unpaired) electrons. The molecule has 3 aliphatic rings. The third-order valence-electron chi connectivity index (χ3n) is 5.46. The predicted octanol–water partition coefficient (Wildman–Crippen LogP) is 1.05. The Morgan fingerprint density at radius 1 is 1.27 bits per heavy atom. The highest BCUT2D eigenvalue weighted by molar-refractivity contribution is 5.75. The van der Waals surface area contributed by atoms with Crippen LogP contribution < -0.4 is 5.32 Å². The van der Waals surface area contributed by atoms with Crippen LogP contribution in [0.2, 0.25) is 0 Å². The molecule has 2 aliphatic heterocycles. The quantitative estimate of drug-likeness (QED) is 0.872. The van der Waals surface area contributed by atoms with Gasteiger partial charge in [-0.15, -0.1) is 0 Å². The summed E-state index contributed by atoms with van der Waals surface area (Å²) in [5.74, 6) is 0.808. The maximum atomic E-state index is 12.4. The number of amides is 3. The molecule has 8 heteroatoms. The number of urea groups is 1. The topological polar surface area (TPSA) is 87.7 Å². The van der Waals surface area contributed by atoms with E-state index >= 15 is 0 Å². The van der Waals surface area contributed by atoms with E-state index in [9.17, 15) is 9.59 Å². The molecule has 1 N–H and O–H groups in total. The number of aromatic nitrogens is 2. The van der Waals surface area contributed by atoms with Gasteiger partial charge >= 0.3 is 12.1 Å². The molecule has 8 nitrogen and oxygen atoms in total. The van der Waals surface area contributed by atoms with E-state index in [1.165, 1.54) is 24.1 Å². The molecule has 0 spiro atoms. The van der Waals surface area contributed by atoms with Crippen molar-refractivity contribution in [2.45, 2.75) is 45.1 Å². The van der Waals surface area contributed by atoms with E-state index in [0.29, 0.717) is 39.2 Å². The highest BCUT2D eigenvalue weighted by Crippen LogP contribution is 2.21. The fourth-order valence-corrected chi connectivity index (χ4v) is 4.02. The molecule has 1 aliphatic carbocycles. The first kappa shape index (κ1) is 17.1. The number of rotatable bonds is 3. The van der Waals surface area contributed by atoms with Crippen LogP contribution in [-0.4, -0.2) is 70.7 Å². The fraction of sp³-hybridized carbons (Fsp3) is 0.667. The number of carbonyl (C=O) groups excluding carboxylic acids is 2. The summed E-state index contributed by atoms with van der Waals surface area (Å²) in [7, 11) is 0. The van der Waals surface area contributed by atoms with E-state index in [-0.39, 0.29) is 18.2 Å². The molecule has 3 amide bonds. The Morgan fingerprint density at radius 3 is 3.00 bits per heavy atom. The lowest BCUT2D eigenvalue weighted by atomic mass is 9.95. The third-order valence-corrected chi connectivity index (χ3v) is 5.46. The minimum Gasteiger partial charge on any atom is -0.447 e. The van der Waals surface area contributed by atoms with Crippen LogP contribution in [0.4, 0.5) is 9.59 Å². The number of ether oxygens (including phenoxy) is 1. The van der Waals surface area contributed by atoms with Crippen molar-refractivity contribution in [1.82, 2.24) is 25.1 Å². The van der Waals surface area contributed by atoms with Gasteiger partial charge in [-0.25, -0.2) is 19.6 Å². The van der Waals surface area contributed by atoms with E-state index in [2.05, 4.69) is 17.2 Å². The van der Waals surface area contributed by atoms with Crippen molar-refractivity contribution in [3.63, 3.8) is 0 Å². The fourth-order valence-electron chi connectivity index (χ4n) is 4.02. The molecule has 0 aromatic carbocycles. The van der Waals surface area contributed by atoms with Gasteiger partial charge < -0.3 is 15.0 Å². The molecule has 140 valence electrons. The van der Waals surface area contributed by atoms with Crippen LogP contribution in [0.1, 0.15) is 35.6 Å². The van der Waals surface area contributed by atoms with Crippen molar-refractivity contribution in [2.75, 3.05) is 32.8 Å². The largest absolute Gasteiger partial charge is 0.447 e. The second kappa shape index (κ2) is 7.09. The first-order valence-corrected chi connectivity index (χ1v) is 9.43. The number of nitrogens with zero attached hydrogens (tertiary/aromatic N) is 4. The van der Waals surface area contributed by atoms with Crippen LogP contribution in [0, 0.1) is 6.92 Å². The second-order valence-electron chi connectivity index (χ2n) is 7.21. The zero-order valence-corrected chi connectivity index (χ0v) is 15.2. The first-order valence-electron chi connectivity index (χ1n) is 9.43. The number of fused-ring (bicyclic) bond motifs is 2. The van der Waals surface area contributed by atoms with E-state index < -0.39 is 0 Å². The number of hydrogen-bond donors (Lipinski definition) is 1. The van der Waals surface area contributed by atoms with Crippen molar-refractivity contribution in [3.05, 3.63) is 22.8 Å². The summed E-state index contributed by atoms with van der Waals surface area (Å²) in [5, 5.41) is 2.95. The highest BCUT2D eigenvalue weighted by atomic mass is 16.6. The molecule has 0 saturated carbocycles. The average molecular weight is 359 g/mol. The van der Waals surface area contributed by atoms with Crippen LogP contribution in [0.3, 0.4) is 0 Å². The lowest BCUT2D eigenvalue weighted by Crippen LogP contribution is -2.56. The molecule has 1 aromatic heterocycles. The van der Waals surface area contributed by atoms with Crippen molar-refractivity contribution in [3.8, 4) is 0 Å². The SMILES string of the molecule is Cc1nc(CCNC(=O)N2CCN3C(=O)OC[C@H]3C2)nc2c1CCCC2. The van der Waals surface area contributed by atoms with Crippen LogP contribution in [0.5, 0.6) is 0 Å². The van der Waals surface area contributed by atoms with Crippen LogP contribution in [-0.2, 0) is 24.0 Å². The van der Waals surface area contributed by atoms with Gasteiger partial charge in [0.2, 0.25) is 0 Å². The summed E-state index contributed by atoms with van der Waals surface area (Å²) in [5.41, 5.74) is 3.58. The number of cyclic esters (lactones) is 1. The monoisotopic (exact) mass is 359 g/mol. The Kier molecular flexibility index (Phi) is 4.65. The molecule has 0 bridgehead atoms. The molecular weight excluding hydrogens is 334 g/mol. The predicted molar refractivity (Wildman–Crippen MR) is 93.9 cm³/mol.